The summed E-state index contributed by atoms with van der Waals surface area (Å²) < 4.78 is 18.1. The first kappa shape index (κ1) is 17.8. The summed E-state index contributed by atoms with van der Waals surface area (Å²) in [5, 5.41) is 6.66. The molecule has 0 aliphatic carbocycles. The molecule has 0 spiro atoms. The second-order valence-corrected chi connectivity index (χ2v) is 6.72. The number of aromatic nitrogens is 2. The van der Waals surface area contributed by atoms with Crippen LogP contribution in [0.2, 0.25) is 0 Å². The predicted molar refractivity (Wildman–Crippen MR) is 95.6 cm³/mol. The molecule has 3 aromatic rings. The van der Waals surface area contributed by atoms with Crippen molar-refractivity contribution in [3.63, 3.8) is 0 Å². The van der Waals surface area contributed by atoms with Gasteiger partial charge in [-0.05, 0) is 35.2 Å². The molecule has 0 aliphatic rings. The van der Waals surface area contributed by atoms with E-state index < -0.39 is 0 Å². The fourth-order valence-corrected chi connectivity index (χ4v) is 2.67. The fourth-order valence-electron chi connectivity index (χ4n) is 2.67. The number of carbonyl (C=O) groups excluding carboxylic acids is 1. The Morgan fingerprint density at radius 3 is 2.50 bits per heavy atom. The molecule has 0 aliphatic heterocycles. The van der Waals surface area contributed by atoms with Crippen molar-refractivity contribution in [1.29, 1.82) is 0 Å². The molecule has 1 aromatic heterocycles. The van der Waals surface area contributed by atoms with Crippen molar-refractivity contribution in [2.45, 2.75) is 32.2 Å². The van der Waals surface area contributed by atoms with E-state index in [-0.39, 0.29) is 23.7 Å². The van der Waals surface area contributed by atoms with Gasteiger partial charge >= 0.3 is 0 Å². The SMILES string of the molecule is CC(C)(CC(=O)NCc1nc(-c2ccc(F)cc2)no1)c1ccccc1. The number of nitrogens with zero attached hydrogens (tertiary/aromatic N) is 2. The normalized spacial score (nSPS) is 11.3. The van der Waals surface area contributed by atoms with Gasteiger partial charge in [0.05, 0.1) is 6.54 Å². The van der Waals surface area contributed by atoms with E-state index in [1.54, 1.807) is 12.1 Å². The van der Waals surface area contributed by atoms with Gasteiger partial charge in [-0.3, -0.25) is 4.79 Å². The molecule has 0 saturated carbocycles. The highest BCUT2D eigenvalue weighted by molar-refractivity contribution is 5.77. The Labute approximate surface area is 151 Å². The molecule has 6 heteroatoms. The van der Waals surface area contributed by atoms with Crippen LogP contribution in [0.4, 0.5) is 4.39 Å². The third-order valence-electron chi connectivity index (χ3n) is 4.17. The van der Waals surface area contributed by atoms with Crippen LogP contribution in [-0.4, -0.2) is 16.0 Å². The summed E-state index contributed by atoms with van der Waals surface area (Å²) in [6, 6.07) is 15.7. The van der Waals surface area contributed by atoms with E-state index in [1.807, 2.05) is 44.2 Å². The van der Waals surface area contributed by atoms with Gasteiger partial charge in [0.1, 0.15) is 5.82 Å². The molecular weight excluding hydrogens is 333 g/mol. The summed E-state index contributed by atoms with van der Waals surface area (Å²) in [7, 11) is 0. The van der Waals surface area contributed by atoms with Gasteiger partial charge in [-0.2, -0.15) is 4.98 Å². The number of rotatable bonds is 6. The van der Waals surface area contributed by atoms with Crippen LogP contribution < -0.4 is 5.32 Å². The highest BCUT2D eigenvalue weighted by atomic mass is 19.1. The largest absolute Gasteiger partial charge is 0.347 e. The van der Waals surface area contributed by atoms with Crippen molar-refractivity contribution >= 4 is 5.91 Å². The lowest BCUT2D eigenvalue weighted by Crippen LogP contribution is -2.30. The van der Waals surface area contributed by atoms with Crippen LogP contribution in [-0.2, 0) is 16.8 Å². The first-order valence-corrected chi connectivity index (χ1v) is 8.35. The van der Waals surface area contributed by atoms with Crippen molar-refractivity contribution in [3.05, 3.63) is 71.9 Å². The van der Waals surface area contributed by atoms with Gasteiger partial charge in [0.25, 0.3) is 0 Å². The third-order valence-corrected chi connectivity index (χ3v) is 4.17. The topological polar surface area (TPSA) is 68.0 Å². The maximum Gasteiger partial charge on any atom is 0.246 e. The zero-order valence-corrected chi connectivity index (χ0v) is 14.7. The molecule has 134 valence electrons. The first-order valence-electron chi connectivity index (χ1n) is 8.35. The standard InChI is InChI=1S/C20H20FN3O2/c1-20(2,15-6-4-3-5-7-15)12-17(25)22-13-18-23-19(24-26-18)14-8-10-16(21)11-9-14/h3-11H,12-13H2,1-2H3,(H,22,25). The quantitative estimate of drug-likeness (QED) is 0.731. The van der Waals surface area contributed by atoms with Crippen LogP contribution >= 0.6 is 0 Å². The van der Waals surface area contributed by atoms with Crippen molar-refractivity contribution in [1.82, 2.24) is 15.5 Å². The number of hydrogen-bond acceptors (Lipinski definition) is 4. The molecule has 0 atom stereocenters. The average molecular weight is 353 g/mol. The van der Waals surface area contributed by atoms with Crippen LogP contribution in [0.25, 0.3) is 11.4 Å². The predicted octanol–water partition coefficient (Wildman–Crippen LogP) is 3.86. The van der Waals surface area contributed by atoms with Gasteiger partial charge in [0, 0.05) is 12.0 Å². The van der Waals surface area contributed by atoms with E-state index in [2.05, 4.69) is 15.5 Å². The number of nitrogens with one attached hydrogen (secondary N) is 1. The maximum atomic E-state index is 13.0. The van der Waals surface area contributed by atoms with Crippen LogP contribution in [0.3, 0.4) is 0 Å². The van der Waals surface area contributed by atoms with E-state index in [0.29, 0.717) is 23.7 Å². The number of carbonyl (C=O) groups is 1. The molecule has 1 amide bonds. The highest BCUT2D eigenvalue weighted by Gasteiger charge is 2.24. The van der Waals surface area contributed by atoms with E-state index in [9.17, 15) is 9.18 Å². The molecule has 0 radical (unpaired) electrons. The smallest absolute Gasteiger partial charge is 0.246 e. The monoisotopic (exact) mass is 353 g/mol. The van der Waals surface area contributed by atoms with Gasteiger partial charge < -0.3 is 9.84 Å². The maximum absolute atomic E-state index is 13.0. The minimum atomic E-state index is -0.328. The van der Waals surface area contributed by atoms with Crippen LogP contribution in [0, 0.1) is 5.82 Å². The number of benzene rings is 2. The summed E-state index contributed by atoms with van der Waals surface area (Å²) in [6.45, 7) is 4.21. The van der Waals surface area contributed by atoms with Gasteiger partial charge in [-0.15, -0.1) is 0 Å². The Balaban J connectivity index is 1.57. The van der Waals surface area contributed by atoms with Crippen molar-refractivity contribution in [2.75, 3.05) is 0 Å². The Kier molecular flexibility index (Phi) is 5.11. The number of halogens is 1. The zero-order valence-electron chi connectivity index (χ0n) is 14.7. The molecule has 0 fully saturated rings. The number of amides is 1. The lowest BCUT2D eigenvalue weighted by Gasteiger charge is -2.24. The Hall–Kier alpha value is -3.02. The summed E-state index contributed by atoms with van der Waals surface area (Å²) in [5.41, 5.74) is 1.48. The Bertz CT molecular complexity index is 874. The molecule has 0 unspecified atom stereocenters. The molecule has 3 rings (SSSR count). The second kappa shape index (κ2) is 7.47. The van der Waals surface area contributed by atoms with Gasteiger partial charge in [0.2, 0.25) is 17.6 Å². The van der Waals surface area contributed by atoms with Crippen molar-refractivity contribution in [2.24, 2.45) is 0 Å². The Morgan fingerprint density at radius 1 is 1.12 bits per heavy atom. The van der Waals surface area contributed by atoms with E-state index >= 15 is 0 Å². The number of hydrogen-bond donors (Lipinski definition) is 1. The average Bonchev–Trinajstić information content (AvgIpc) is 3.10. The third kappa shape index (κ3) is 4.33. The summed E-state index contributed by atoms with van der Waals surface area (Å²) >= 11 is 0. The minimum absolute atomic E-state index is 0.0969. The lowest BCUT2D eigenvalue weighted by atomic mass is 9.81. The molecule has 0 saturated heterocycles. The van der Waals surface area contributed by atoms with Crippen LogP contribution in [0.1, 0.15) is 31.7 Å². The fraction of sp³-hybridized carbons (Fsp3) is 0.250. The summed E-state index contributed by atoms with van der Waals surface area (Å²) in [4.78, 5) is 16.5. The molecule has 2 aromatic carbocycles. The molecule has 1 N–H and O–H groups in total. The zero-order chi connectivity index (χ0) is 18.6. The lowest BCUT2D eigenvalue weighted by molar-refractivity contribution is -0.122. The van der Waals surface area contributed by atoms with E-state index in [0.717, 1.165) is 5.56 Å². The molecule has 26 heavy (non-hydrogen) atoms. The van der Waals surface area contributed by atoms with Crippen molar-refractivity contribution < 1.29 is 13.7 Å². The molecule has 1 heterocycles. The summed E-state index contributed by atoms with van der Waals surface area (Å²) in [6.07, 6.45) is 0.343. The Morgan fingerprint density at radius 2 is 1.81 bits per heavy atom. The van der Waals surface area contributed by atoms with E-state index in [4.69, 9.17) is 4.52 Å². The molecule has 0 bridgehead atoms. The van der Waals surface area contributed by atoms with Gasteiger partial charge in [0.15, 0.2) is 0 Å². The second-order valence-electron chi connectivity index (χ2n) is 6.72. The molecular formula is C20H20FN3O2. The summed E-state index contributed by atoms with van der Waals surface area (Å²) in [5.74, 6) is 0.236. The van der Waals surface area contributed by atoms with Crippen LogP contribution in [0.5, 0.6) is 0 Å². The minimum Gasteiger partial charge on any atom is -0.347 e. The van der Waals surface area contributed by atoms with E-state index in [1.165, 1.54) is 12.1 Å². The van der Waals surface area contributed by atoms with Crippen molar-refractivity contribution in [3.8, 4) is 11.4 Å². The first-order chi connectivity index (χ1) is 12.4. The highest BCUT2D eigenvalue weighted by Crippen LogP contribution is 2.26. The van der Waals surface area contributed by atoms with Gasteiger partial charge in [-0.25, -0.2) is 4.39 Å². The van der Waals surface area contributed by atoms with Crippen LogP contribution in [0.15, 0.2) is 59.1 Å². The molecule has 5 nitrogen and oxygen atoms in total. The van der Waals surface area contributed by atoms with Gasteiger partial charge in [-0.1, -0.05) is 49.3 Å².